The Balaban J connectivity index is 1.98. The molecule has 7 nitrogen and oxygen atoms in total. The molecule has 0 fully saturated rings. The third-order valence-corrected chi connectivity index (χ3v) is 4.77. The van der Waals surface area contributed by atoms with E-state index in [1.165, 1.54) is 0 Å². The average molecular weight is 379 g/mol. The zero-order valence-electron chi connectivity index (χ0n) is 16.2. The predicted octanol–water partition coefficient (Wildman–Crippen LogP) is 3.16. The number of rotatable bonds is 7. The number of ether oxygens (including phenoxy) is 1. The molecular weight excluding hydrogens is 356 g/mol. The highest BCUT2D eigenvalue weighted by Gasteiger charge is 2.15. The fourth-order valence-corrected chi connectivity index (χ4v) is 3.34. The van der Waals surface area contributed by atoms with Crippen LogP contribution in [-0.2, 0) is 17.8 Å². The maximum atomic E-state index is 11.2. The molecule has 0 aliphatic heterocycles. The number of nitrogens with zero attached hydrogens (tertiary/aromatic N) is 2. The fourth-order valence-electron chi connectivity index (χ4n) is 3.34. The molecule has 1 amide bonds. The zero-order chi connectivity index (χ0) is 20.3. The molecule has 2 aromatic carbocycles. The first-order valence-corrected chi connectivity index (χ1v) is 8.89. The van der Waals surface area contributed by atoms with Crippen LogP contribution in [0.15, 0.2) is 42.5 Å². The second kappa shape index (κ2) is 8.14. The molecule has 0 saturated heterocycles. The predicted molar refractivity (Wildman–Crippen MR) is 109 cm³/mol. The van der Waals surface area contributed by atoms with Crippen molar-refractivity contribution in [2.24, 2.45) is 5.73 Å². The number of aromatic nitrogens is 2. The van der Waals surface area contributed by atoms with Gasteiger partial charge >= 0.3 is 0 Å². The van der Waals surface area contributed by atoms with Crippen molar-refractivity contribution in [3.05, 3.63) is 70.2 Å². The Morgan fingerprint density at radius 1 is 1.25 bits per heavy atom. The van der Waals surface area contributed by atoms with Crippen LogP contribution in [0.3, 0.4) is 0 Å². The van der Waals surface area contributed by atoms with Gasteiger partial charge in [-0.3, -0.25) is 9.48 Å². The minimum atomic E-state index is -0.421. The summed E-state index contributed by atoms with van der Waals surface area (Å²) in [6.45, 7) is 3.93. The van der Waals surface area contributed by atoms with E-state index in [0.717, 1.165) is 39.4 Å². The first kappa shape index (κ1) is 19.4. The Labute approximate surface area is 163 Å². The number of nitrogens with two attached hydrogens (primary N) is 1. The van der Waals surface area contributed by atoms with Gasteiger partial charge in [0.2, 0.25) is 5.91 Å². The van der Waals surface area contributed by atoms with Crippen LogP contribution in [0.5, 0.6) is 5.75 Å². The third-order valence-electron chi connectivity index (χ3n) is 4.77. The summed E-state index contributed by atoms with van der Waals surface area (Å²) in [5, 5.41) is 15.4. The first-order valence-electron chi connectivity index (χ1n) is 8.89. The van der Waals surface area contributed by atoms with E-state index < -0.39 is 5.91 Å². The molecule has 0 bridgehead atoms. The second-order valence-corrected chi connectivity index (χ2v) is 6.67. The van der Waals surface area contributed by atoms with Crippen LogP contribution >= 0.6 is 0 Å². The number of nitrogens with one attached hydrogen (secondary N) is 1. The summed E-state index contributed by atoms with van der Waals surface area (Å²) in [6, 6.07) is 13.2. The number of amides is 1. The molecule has 0 unspecified atom stereocenters. The van der Waals surface area contributed by atoms with Gasteiger partial charge in [-0.15, -0.1) is 0 Å². The Kier molecular flexibility index (Phi) is 5.65. The van der Waals surface area contributed by atoms with Gasteiger partial charge in [0.25, 0.3) is 0 Å². The van der Waals surface area contributed by atoms with Gasteiger partial charge in [0.1, 0.15) is 12.3 Å². The molecule has 0 aliphatic carbocycles. The lowest BCUT2D eigenvalue weighted by atomic mass is 9.97. The lowest BCUT2D eigenvalue weighted by molar-refractivity contribution is -0.118. The van der Waals surface area contributed by atoms with Crippen molar-refractivity contribution in [3.63, 3.8) is 0 Å². The molecule has 3 aromatic rings. The number of hydrogen-bond acceptors (Lipinski definition) is 5. The maximum absolute atomic E-state index is 11.2. The van der Waals surface area contributed by atoms with E-state index in [1.54, 1.807) is 23.9 Å². The summed E-state index contributed by atoms with van der Waals surface area (Å²) in [5.74, 6) is 0.306. The van der Waals surface area contributed by atoms with Gasteiger partial charge in [-0.2, -0.15) is 5.10 Å². The highest BCUT2D eigenvalue weighted by atomic mass is 16.5. The minimum absolute atomic E-state index is 0.0650. The van der Waals surface area contributed by atoms with Gasteiger partial charge in [0, 0.05) is 28.9 Å². The zero-order valence-corrected chi connectivity index (χ0v) is 16.2. The Morgan fingerprint density at radius 2 is 2.04 bits per heavy atom. The smallest absolute Gasteiger partial charge is 0.239 e. The SMILES string of the molecule is COc1ccc(Cc2c(C)nn(CC(N)=O)c2C)cc1-c1cccc(N[O-])c1. The monoisotopic (exact) mass is 379 g/mol. The van der Waals surface area contributed by atoms with E-state index in [1.807, 2.05) is 49.7 Å². The number of carbonyl (C=O) groups is 1. The van der Waals surface area contributed by atoms with Gasteiger partial charge in [0.05, 0.1) is 12.8 Å². The van der Waals surface area contributed by atoms with Gasteiger partial charge in [-0.25, -0.2) is 0 Å². The van der Waals surface area contributed by atoms with Crippen molar-refractivity contribution >= 4 is 11.6 Å². The molecule has 1 aromatic heterocycles. The van der Waals surface area contributed by atoms with Crippen molar-refractivity contribution in [2.75, 3.05) is 12.6 Å². The topological polar surface area (TPSA) is 105 Å². The number of anilines is 1. The van der Waals surface area contributed by atoms with Crippen LogP contribution in [0, 0.1) is 19.1 Å². The van der Waals surface area contributed by atoms with Crippen molar-refractivity contribution in [1.29, 1.82) is 0 Å². The molecule has 3 rings (SSSR count). The molecule has 7 heteroatoms. The largest absolute Gasteiger partial charge is 0.761 e. The van der Waals surface area contributed by atoms with E-state index in [-0.39, 0.29) is 6.54 Å². The molecular formula is C21H23N4O3-. The van der Waals surface area contributed by atoms with Crippen molar-refractivity contribution in [1.82, 2.24) is 9.78 Å². The highest BCUT2D eigenvalue weighted by molar-refractivity contribution is 5.74. The highest BCUT2D eigenvalue weighted by Crippen LogP contribution is 2.33. The van der Waals surface area contributed by atoms with Crippen molar-refractivity contribution < 1.29 is 9.53 Å². The van der Waals surface area contributed by atoms with E-state index in [2.05, 4.69) is 5.10 Å². The molecule has 0 radical (unpaired) electrons. The van der Waals surface area contributed by atoms with Gasteiger partial charge < -0.3 is 21.2 Å². The van der Waals surface area contributed by atoms with E-state index in [9.17, 15) is 10.0 Å². The molecule has 0 aliphatic rings. The molecule has 1 heterocycles. The normalized spacial score (nSPS) is 10.7. The molecule has 28 heavy (non-hydrogen) atoms. The van der Waals surface area contributed by atoms with Crippen LogP contribution < -0.4 is 16.0 Å². The van der Waals surface area contributed by atoms with E-state index in [0.29, 0.717) is 12.1 Å². The Bertz CT molecular complexity index is 1010. The average Bonchev–Trinajstić information content (AvgIpc) is 2.94. The summed E-state index contributed by atoms with van der Waals surface area (Å²) in [4.78, 5) is 11.2. The fraction of sp³-hybridized carbons (Fsp3) is 0.238. The lowest BCUT2D eigenvalue weighted by Crippen LogP contribution is -2.20. The number of methoxy groups -OCH3 is 1. The van der Waals surface area contributed by atoms with Gasteiger partial charge in [-0.05, 0) is 49.2 Å². The summed E-state index contributed by atoms with van der Waals surface area (Å²) < 4.78 is 7.15. The van der Waals surface area contributed by atoms with Gasteiger partial charge in [-0.1, -0.05) is 18.2 Å². The summed E-state index contributed by atoms with van der Waals surface area (Å²) >= 11 is 0. The summed E-state index contributed by atoms with van der Waals surface area (Å²) in [7, 11) is 1.62. The van der Waals surface area contributed by atoms with Crippen molar-refractivity contribution in [3.8, 4) is 16.9 Å². The summed E-state index contributed by atoms with van der Waals surface area (Å²) in [6.07, 6.45) is 0.660. The number of aryl methyl sites for hydroxylation is 1. The Hall–Kier alpha value is -3.32. The summed E-state index contributed by atoms with van der Waals surface area (Å²) in [5.41, 5.74) is 13.4. The number of primary amides is 1. The number of hydrogen-bond donors (Lipinski definition) is 2. The van der Waals surface area contributed by atoms with Crippen molar-refractivity contribution in [2.45, 2.75) is 26.8 Å². The maximum Gasteiger partial charge on any atom is 0.239 e. The first-order chi connectivity index (χ1) is 13.4. The quantitative estimate of drug-likeness (QED) is 0.614. The second-order valence-electron chi connectivity index (χ2n) is 6.67. The minimum Gasteiger partial charge on any atom is -0.761 e. The molecule has 0 spiro atoms. The molecule has 146 valence electrons. The van der Waals surface area contributed by atoms with Crippen LogP contribution in [0.4, 0.5) is 5.69 Å². The molecule has 0 saturated carbocycles. The van der Waals surface area contributed by atoms with E-state index in [4.69, 9.17) is 10.5 Å². The van der Waals surface area contributed by atoms with Crippen LogP contribution in [0.25, 0.3) is 11.1 Å². The van der Waals surface area contributed by atoms with Crippen LogP contribution in [0.2, 0.25) is 0 Å². The third kappa shape index (κ3) is 3.99. The van der Waals surface area contributed by atoms with E-state index >= 15 is 0 Å². The lowest BCUT2D eigenvalue weighted by Gasteiger charge is -2.14. The molecule has 3 N–H and O–H groups in total. The number of benzene rings is 2. The van der Waals surface area contributed by atoms with Crippen LogP contribution in [-0.4, -0.2) is 22.8 Å². The van der Waals surface area contributed by atoms with Crippen LogP contribution in [0.1, 0.15) is 22.5 Å². The van der Waals surface area contributed by atoms with Gasteiger partial charge in [0.15, 0.2) is 0 Å². The number of carbonyl (C=O) groups excluding carboxylic acids is 1. The molecule has 0 atom stereocenters. The standard InChI is InChI=1S/C21H23N4O3/c1-13-18(14(2)25(23-13)12-21(22)26)9-15-7-8-20(28-3)19(10-15)16-5-4-6-17(11-16)24-27/h4-8,10-11,24H,9,12H2,1-3H3,(H2,22,26)/q-1. The Morgan fingerprint density at radius 3 is 2.71 bits per heavy atom.